The van der Waals surface area contributed by atoms with E-state index in [1.54, 1.807) is 7.11 Å². The summed E-state index contributed by atoms with van der Waals surface area (Å²) >= 11 is 0. The molecule has 0 aromatic heterocycles. The predicted octanol–water partition coefficient (Wildman–Crippen LogP) is 3.94. The molecule has 2 N–H and O–H groups in total. The zero-order valence-electron chi connectivity index (χ0n) is 16.6. The molecule has 2 aromatic rings. The fourth-order valence-corrected chi connectivity index (χ4v) is 2.72. The summed E-state index contributed by atoms with van der Waals surface area (Å²) in [5, 5.41) is 13.4. The normalized spacial score (nSPS) is 13.1. The molecule has 0 fully saturated rings. The van der Waals surface area contributed by atoms with Crippen molar-refractivity contribution in [1.29, 1.82) is 0 Å². The van der Waals surface area contributed by atoms with Gasteiger partial charge < -0.3 is 24.6 Å². The number of β-amino-alcohol motifs (C(OH)–C–C–N with tert-alkyl or cyclic N) is 1. The third-order valence-electron chi connectivity index (χ3n) is 4.10. The maximum atomic E-state index is 12.3. The molecule has 0 spiro atoms. The molecule has 2 rings (SSSR count). The molecule has 0 amide bonds. The standard InChI is InChI=1S/C21H26F3NO4/c1-20(2,12-15-7-9-17(27-3)10-8-15)25-13-16(26)14-28-18-5-4-6-19(11-18)29-21(22,23)24/h4-11,16,25-26H,12-14H2,1-3H3. The molecule has 1 unspecified atom stereocenters. The van der Waals surface area contributed by atoms with Gasteiger partial charge in [0.25, 0.3) is 0 Å². The minimum atomic E-state index is -4.77. The number of ether oxygens (including phenoxy) is 3. The van der Waals surface area contributed by atoms with E-state index in [0.29, 0.717) is 0 Å². The number of hydrogen-bond acceptors (Lipinski definition) is 5. The van der Waals surface area contributed by atoms with E-state index >= 15 is 0 Å². The molecule has 0 aliphatic heterocycles. The number of methoxy groups -OCH3 is 1. The largest absolute Gasteiger partial charge is 0.573 e. The molecule has 2 aromatic carbocycles. The number of alkyl halides is 3. The monoisotopic (exact) mass is 413 g/mol. The summed E-state index contributed by atoms with van der Waals surface area (Å²) in [5.74, 6) is 0.600. The van der Waals surface area contributed by atoms with Crippen molar-refractivity contribution in [2.24, 2.45) is 0 Å². The highest BCUT2D eigenvalue weighted by molar-refractivity contribution is 5.33. The third kappa shape index (κ3) is 8.62. The molecule has 0 bridgehead atoms. The van der Waals surface area contributed by atoms with Crippen LogP contribution in [0.25, 0.3) is 0 Å². The second-order valence-corrected chi connectivity index (χ2v) is 7.28. The average molecular weight is 413 g/mol. The molecule has 160 valence electrons. The first-order valence-corrected chi connectivity index (χ1v) is 9.11. The Bertz CT molecular complexity index is 763. The quantitative estimate of drug-likeness (QED) is 0.618. The van der Waals surface area contributed by atoms with E-state index in [1.807, 2.05) is 38.1 Å². The summed E-state index contributed by atoms with van der Waals surface area (Å²) in [6, 6.07) is 12.9. The molecule has 0 radical (unpaired) electrons. The molecular weight excluding hydrogens is 387 g/mol. The maximum absolute atomic E-state index is 12.3. The summed E-state index contributed by atoms with van der Waals surface area (Å²) < 4.78 is 51.2. The molecule has 8 heteroatoms. The number of hydrogen-bond donors (Lipinski definition) is 2. The summed E-state index contributed by atoms with van der Waals surface area (Å²) in [6.45, 7) is 4.23. The Kier molecular flexibility index (Phi) is 7.75. The lowest BCUT2D eigenvalue weighted by Gasteiger charge is -2.28. The number of aliphatic hydroxyl groups is 1. The summed E-state index contributed by atoms with van der Waals surface area (Å²) in [7, 11) is 1.61. The van der Waals surface area contributed by atoms with Crippen molar-refractivity contribution in [3.05, 3.63) is 54.1 Å². The SMILES string of the molecule is COc1ccc(CC(C)(C)NCC(O)COc2cccc(OC(F)(F)F)c2)cc1. The van der Waals surface area contributed by atoms with Gasteiger partial charge in [0.15, 0.2) is 0 Å². The lowest BCUT2D eigenvalue weighted by atomic mass is 9.94. The Labute approximate surface area is 168 Å². The molecule has 29 heavy (non-hydrogen) atoms. The van der Waals surface area contributed by atoms with E-state index in [4.69, 9.17) is 9.47 Å². The van der Waals surface area contributed by atoms with Crippen LogP contribution in [-0.2, 0) is 6.42 Å². The van der Waals surface area contributed by atoms with Gasteiger partial charge in [0, 0.05) is 18.2 Å². The van der Waals surface area contributed by atoms with Crippen molar-refractivity contribution >= 4 is 0 Å². The van der Waals surface area contributed by atoms with Crippen LogP contribution in [0.1, 0.15) is 19.4 Å². The van der Waals surface area contributed by atoms with Gasteiger partial charge >= 0.3 is 6.36 Å². The van der Waals surface area contributed by atoms with Gasteiger partial charge in [0.1, 0.15) is 30.0 Å². The van der Waals surface area contributed by atoms with Crippen LogP contribution in [0, 0.1) is 0 Å². The highest BCUT2D eigenvalue weighted by Crippen LogP contribution is 2.26. The van der Waals surface area contributed by atoms with E-state index in [0.717, 1.165) is 23.8 Å². The van der Waals surface area contributed by atoms with Crippen LogP contribution in [0.3, 0.4) is 0 Å². The van der Waals surface area contributed by atoms with E-state index in [9.17, 15) is 18.3 Å². The molecule has 1 atom stereocenters. The highest BCUT2D eigenvalue weighted by Gasteiger charge is 2.31. The van der Waals surface area contributed by atoms with Gasteiger partial charge in [-0.3, -0.25) is 0 Å². The number of rotatable bonds is 10. The Morgan fingerprint density at radius 1 is 1.00 bits per heavy atom. The molecule has 0 heterocycles. The lowest BCUT2D eigenvalue weighted by molar-refractivity contribution is -0.274. The van der Waals surface area contributed by atoms with E-state index in [2.05, 4.69) is 10.1 Å². The second kappa shape index (κ2) is 9.84. The third-order valence-corrected chi connectivity index (χ3v) is 4.10. The fraction of sp³-hybridized carbons (Fsp3) is 0.429. The van der Waals surface area contributed by atoms with E-state index in [1.165, 1.54) is 18.2 Å². The molecule has 0 saturated heterocycles. The van der Waals surface area contributed by atoms with Crippen molar-refractivity contribution in [3.8, 4) is 17.2 Å². The van der Waals surface area contributed by atoms with Gasteiger partial charge in [0.2, 0.25) is 0 Å². The van der Waals surface area contributed by atoms with E-state index in [-0.39, 0.29) is 30.2 Å². The minimum absolute atomic E-state index is 0.0684. The van der Waals surface area contributed by atoms with Crippen molar-refractivity contribution in [2.45, 2.75) is 38.3 Å². The zero-order chi connectivity index (χ0) is 21.5. The molecular formula is C21H26F3NO4. The van der Waals surface area contributed by atoms with Crippen LogP contribution in [0.4, 0.5) is 13.2 Å². The smallest absolute Gasteiger partial charge is 0.497 e. The molecule has 5 nitrogen and oxygen atoms in total. The minimum Gasteiger partial charge on any atom is -0.497 e. The summed E-state index contributed by atoms with van der Waals surface area (Å²) in [6.07, 6.45) is -4.86. The highest BCUT2D eigenvalue weighted by atomic mass is 19.4. The Morgan fingerprint density at radius 2 is 1.66 bits per heavy atom. The topological polar surface area (TPSA) is 60.0 Å². The van der Waals surface area contributed by atoms with Crippen LogP contribution in [0.2, 0.25) is 0 Å². The van der Waals surface area contributed by atoms with Crippen LogP contribution >= 0.6 is 0 Å². The average Bonchev–Trinajstić information content (AvgIpc) is 2.64. The zero-order valence-corrected chi connectivity index (χ0v) is 16.6. The number of halogens is 3. The number of aliphatic hydroxyl groups excluding tert-OH is 1. The van der Waals surface area contributed by atoms with Crippen LogP contribution in [0.5, 0.6) is 17.2 Å². The van der Waals surface area contributed by atoms with Crippen molar-refractivity contribution in [2.75, 3.05) is 20.3 Å². The second-order valence-electron chi connectivity index (χ2n) is 7.28. The van der Waals surface area contributed by atoms with Gasteiger partial charge in [-0.25, -0.2) is 0 Å². The Hall–Kier alpha value is -2.45. The molecule has 0 saturated carbocycles. The van der Waals surface area contributed by atoms with Gasteiger partial charge in [0.05, 0.1) is 7.11 Å². The fourth-order valence-electron chi connectivity index (χ4n) is 2.72. The summed E-state index contributed by atoms with van der Waals surface area (Å²) in [4.78, 5) is 0. The van der Waals surface area contributed by atoms with Gasteiger partial charge in [-0.05, 0) is 50.1 Å². The number of benzene rings is 2. The first-order valence-electron chi connectivity index (χ1n) is 9.11. The summed E-state index contributed by atoms with van der Waals surface area (Å²) in [5.41, 5.74) is 0.839. The van der Waals surface area contributed by atoms with Crippen molar-refractivity contribution in [3.63, 3.8) is 0 Å². The van der Waals surface area contributed by atoms with Crippen molar-refractivity contribution < 1.29 is 32.5 Å². The first-order chi connectivity index (χ1) is 13.6. The number of nitrogens with one attached hydrogen (secondary N) is 1. The van der Waals surface area contributed by atoms with Crippen LogP contribution < -0.4 is 19.5 Å². The van der Waals surface area contributed by atoms with Crippen LogP contribution in [-0.4, -0.2) is 43.4 Å². The lowest BCUT2D eigenvalue weighted by Crippen LogP contribution is -2.46. The van der Waals surface area contributed by atoms with Crippen molar-refractivity contribution in [1.82, 2.24) is 5.32 Å². The maximum Gasteiger partial charge on any atom is 0.573 e. The Morgan fingerprint density at radius 3 is 2.28 bits per heavy atom. The van der Waals surface area contributed by atoms with Gasteiger partial charge in [-0.15, -0.1) is 13.2 Å². The van der Waals surface area contributed by atoms with Gasteiger partial charge in [-0.1, -0.05) is 18.2 Å². The first kappa shape index (κ1) is 22.8. The van der Waals surface area contributed by atoms with E-state index < -0.39 is 12.5 Å². The molecule has 0 aliphatic rings. The van der Waals surface area contributed by atoms with Gasteiger partial charge in [-0.2, -0.15) is 0 Å². The predicted molar refractivity (Wildman–Crippen MR) is 103 cm³/mol. The van der Waals surface area contributed by atoms with Crippen LogP contribution in [0.15, 0.2) is 48.5 Å². The molecule has 0 aliphatic carbocycles. The Balaban J connectivity index is 1.79.